The zero-order valence-electron chi connectivity index (χ0n) is 17.6. The maximum absolute atomic E-state index is 13.7. The topological polar surface area (TPSA) is 98.6 Å². The summed E-state index contributed by atoms with van der Waals surface area (Å²) in [5.41, 5.74) is 8.09. The Morgan fingerprint density at radius 1 is 1.03 bits per heavy atom. The van der Waals surface area contributed by atoms with Gasteiger partial charge in [-0.05, 0) is 37.4 Å². The number of fused-ring (bicyclic) bond motifs is 1. The van der Waals surface area contributed by atoms with E-state index in [9.17, 15) is 14.0 Å². The Balaban J connectivity index is 1.52. The molecule has 164 valence electrons. The molecular formula is C23H23FN6O2. The number of nitrogens with two attached hydrogens (primary N) is 1. The minimum atomic E-state index is -0.511. The van der Waals surface area contributed by atoms with Gasteiger partial charge in [0.05, 0.1) is 17.4 Å². The van der Waals surface area contributed by atoms with Crippen LogP contribution in [0.15, 0.2) is 53.1 Å². The molecule has 1 fully saturated rings. The van der Waals surface area contributed by atoms with Crippen LogP contribution < -0.4 is 21.1 Å². The van der Waals surface area contributed by atoms with Crippen LogP contribution in [-0.4, -0.2) is 60.4 Å². The van der Waals surface area contributed by atoms with E-state index in [1.807, 2.05) is 24.3 Å². The molecule has 0 saturated carbocycles. The molecule has 2 aromatic carbocycles. The van der Waals surface area contributed by atoms with Gasteiger partial charge in [0.1, 0.15) is 23.0 Å². The summed E-state index contributed by atoms with van der Waals surface area (Å²) in [6.07, 6.45) is 0. The van der Waals surface area contributed by atoms with Crippen molar-refractivity contribution in [3.63, 3.8) is 0 Å². The Bertz CT molecular complexity index is 1310. The maximum Gasteiger partial charge on any atom is 0.259 e. The molecule has 0 unspecified atom stereocenters. The smallest absolute Gasteiger partial charge is 0.259 e. The number of benzene rings is 2. The van der Waals surface area contributed by atoms with Crippen LogP contribution in [0.3, 0.4) is 0 Å². The number of aromatic amines is 1. The number of Topliss-reactive ketones (excluding diaryl/α,β-unsaturated/α-hetero) is 1. The SMILES string of the molecule is CN1CCN(c2cccc(N3CC(=O)C(c4nc5cc(F)ccc5c(=O)[nH]4)=C3N)c2)CC1. The molecule has 8 nitrogen and oxygen atoms in total. The van der Waals surface area contributed by atoms with E-state index in [2.05, 4.69) is 26.8 Å². The molecule has 3 aromatic rings. The van der Waals surface area contributed by atoms with E-state index in [0.717, 1.165) is 37.6 Å². The highest BCUT2D eigenvalue weighted by atomic mass is 19.1. The second-order valence-electron chi connectivity index (χ2n) is 8.16. The van der Waals surface area contributed by atoms with Gasteiger partial charge in [0.25, 0.3) is 5.56 Å². The Morgan fingerprint density at radius 3 is 2.56 bits per heavy atom. The number of rotatable bonds is 3. The number of aromatic nitrogens is 2. The highest BCUT2D eigenvalue weighted by molar-refractivity contribution is 6.26. The van der Waals surface area contributed by atoms with E-state index < -0.39 is 11.4 Å². The van der Waals surface area contributed by atoms with Crippen molar-refractivity contribution in [3.8, 4) is 0 Å². The number of likely N-dealkylation sites (N-methyl/N-ethyl adjacent to an activating group) is 1. The molecular weight excluding hydrogens is 411 g/mol. The van der Waals surface area contributed by atoms with Gasteiger partial charge < -0.3 is 25.4 Å². The Morgan fingerprint density at radius 2 is 1.78 bits per heavy atom. The number of nitrogens with zero attached hydrogens (tertiary/aromatic N) is 4. The quantitative estimate of drug-likeness (QED) is 0.645. The fourth-order valence-electron chi connectivity index (χ4n) is 4.22. The van der Waals surface area contributed by atoms with Crippen LogP contribution in [-0.2, 0) is 4.79 Å². The normalized spacial score (nSPS) is 17.6. The number of halogens is 1. The van der Waals surface area contributed by atoms with Crippen LogP contribution in [0.4, 0.5) is 15.8 Å². The standard InChI is InChI=1S/C23H23FN6O2/c1-28-7-9-29(10-8-28)15-3-2-4-16(12-15)30-13-19(31)20(21(30)25)22-26-18-11-14(24)5-6-17(18)23(32)27-22/h2-6,11-12H,7-10,13,25H2,1H3,(H,26,27,32). The van der Waals surface area contributed by atoms with Crippen molar-refractivity contribution >= 4 is 33.6 Å². The van der Waals surface area contributed by atoms with Gasteiger partial charge in [0, 0.05) is 43.6 Å². The second kappa shape index (κ2) is 7.76. The van der Waals surface area contributed by atoms with Crippen molar-refractivity contribution in [2.75, 3.05) is 49.6 Å². The Kier molecular flexibility index (Phi) is 4.90. The van der Waals surface area contributed by atoms with Crippen molar-refractivity contribution in [2.24, 2.45) is 5.73 Å². The molecule has 1 aromatic heterocycles. The second-order valence-corrected chi connectivity index (χ2v) is 8.16. The zero-order valence-corrected chi connectivity index (χ0v) is 17.6. The van der Waals surface area contributed by atoms with Gasteiger partial charge in [0.2, 0.25) is 0 Å². The molecule has 1 saturated heterocycles. The van der Waals surface area contributed by atoms with E-state index in [1.165, 1.54) is 18.2 Å². The third kappa shape index (κ3) is 3.50. The van der Waals surface area contributed by atoms with E-state index in [4.69, 9.17) is 5.73 Å². The number of anilines is 2. The van der Waals surface area contributed by atoms with Crippen molar-refractivity contribution in [1.29, 1.82) is 0 Å². The number of hydrogen-bond donors (Lipinski definition) is 2. The molecule has 3 heterocycles. The lowest BCUT2D eigenvalue weighted by Gasteiger charge is -2.34. The zero-order chi connectivity index (χ0) is 22.4. The largest absolute Gasteiger partial charge is 0.384 e. The molecule has 0 spiro atoms. The van der Waals surface area contributed by atoms with E-state index in [-0.39, 0.29) is 40.4 Å². The first-order chi connectivity index (χ1) is 15.4. The fraction of sp³-hybridized carbons (Fsp3) is 0.261. The van der Waals surface area contributed by atoms with Gasteiger partial charge in [-0.3, -0.25) is 9.59 Å². The van der Waals surface area contributed by atoms with Gasteiger partial charge in [-0.1, -0.05) is 6.07 Å². The average molecular weight is 434 g/mol. The first kappa shape index (κ1) is 20.2. The van der Waals surface area contributed by atoms with Crippen LogP contribution in [0, 0.1) is 5.82 Å². The minimum Gasteiger partial charge on any atom is -0.384 e. The average Bonchev–Trinajstić information content (AvgIpc) is 3.08. The summed E-state index contributed by atoms with van der Waals surface area (Å²) in [6.45, 7) is 3.86. The number of nitrogens with one attached hydrogen (secondary N) is 1. The molecule has 2 aliphatic rings. The van der Waals surface area contributed by atoms with Crippen LogP contribution >= 0.6 is 0 Å². The molecule has 5 rings (SSSR count). The number of H-pyrrole nitrogens is 1. The molecule has 9 heteroatoms. The molecule has 0 radical (unpaired) electrons. The number of carbonyl (C=O) groups excluding carboxylic acids is 1. The third-order valence-electron chi connectivity index (χ3n) is 6.04. The van der Waals surface area contributed by atoms with E-state index in [1.54, 1.807) is 4.90 Å². The molecule has 0 aliphatic carbocycles. The van der Waals surface area contributed by atoms with Gasteiger partial charge in [-0.2, -0.15) is 0 Å². The van der Waals surface area contributed by atoms with Crippen molar-refractivity contribution in [3.05, 3.63) is 70.3 Å². The number of carbonyl (C=O) groups is 1. The fourth-order valence-corrected chi connectivity index (χ4v) is 4.22. The molecule has 0 bridgehead atoms. The lowest BCUT2D eigenvalue weighted by Crippen LogP contribution is -2.44. The maximum atomic E-state index is 13.7. The van der Waals surface area contributed by atoms with Crippen LogP contribution in [0.1, 0.15) is 5.82 Å². The molecule has 32 heavy (non-hydrogen) atoms. The van der Waals surface area contributed by atoms with Gasteiger partial charge in [-0.15, -0.1) is 0 Å². The van der Waals surface area contributed by atoms with Crippen molar-refractivity contribution in [1.82, 2.24) is 14.9 Å². The van der Waals surface area contributed by atoms with Crippen LogP contribution in [0.25, 0.3) is 16.5 Å². The summed E-state index contributed by atoms with van der Waals surface area (Å²) in [4.78, 5) is 38.6. The van der Waals surface area contributed by atoms with Gasteiger partial charge >= 0.3 is 0 Å². The van der Waals surface area contributed by atoms with Crippen LogP contribution in [0.5, 0.6) is 0 Å². The van der Waals surface area contributed by atoms with Crippen molar-refractivity contribution in [2.45, 2.75) is 0 Å². The number of piperazine rings is 1. The lowest BCUT2D eigenvalue weighted by molar-refractivity contribution is -0.112. The van der Waals surface area contributed by atoms with Crippen LogP contribution in [0.2, 0.25) is 0 Å². The third-order valence-corrected chi connectivity index (χ3v) is 6.04. The summed E-state index contributed by atoms with van der Waals surface area (Å²) >= 11 is 0. The Labute approximate surface area is 183 Å². The summed E-state index contributed by atoms with van der Waals surface area (Å²) in [5.74, 6) is -0.507. The van der Waals surface area contributed by atoms with E-state index in [0.29, 0.717) is 0 Å². The number of hydrogen-bond acceptors (Lipinski definition) is 7. The highest BCUT2D eigenvalue weighted by Crippen LogP contribution is 2.31. The number of ketones is 1. The van der Waals surface area contributed by atoms with Gasteiger partial charge in [0.15, 0.2) is 5.78 Å². The summed E-state index contributed by atoms with van der Waals surface area (Å²) in [5, 5.41) is 0.247. The molecule has 3 N–H and O–H groups in total. The highest BCUT2D eigenvalue weighted by Gasteiger charge is 2.32. The molecule has 2 aliphatic heterocycles. The predicted molar refractivity (Wildman–Crippen MR) is 122 cm³/mol. The van der Waals surface area contributed by atoms with E-state index >= 15 is 0 Å². The molecule has 0 atom stereocenters. The monoisotopic (exact) mass is 434 g/mol. The first-order valence-electron chi connectivity index (χ1n) is 10.4. The van der Waals surface area contributed by atoms with Gasteiger partial charge in [-0.25, -0.2) is 9.37 Å². The minimum absolute atomic E-state index is 0.0399. The lowest BCUT2D eigenvalue weighted by atomic mass is 10.1. The summed E-state index contributed by atoms with van der Waals surface area (Å²) in [6, 6.07) is 11.6. The Hall–Kier alpha value is -3.72. The summed E-state index contributed by atoms with van der Waals surface area (Å²) < 4.78 is 13.7. The van der Waals surface area contributed by atoms with Crippen molar-refractivity contribution < 1.29 is 9.18 Å². The predicted octanol–water partition coefficient (Wildman–Crippen LogP) is 1.53. The summed E-state index contributed by atoms with van der Waals surface area (Å²) in [7, 11) is 2.11. The first-order valence-corrected chi connectivity index (χ1v) is 10.4. The molecule has 0 amide bonds.